The number of fused-ring (bicyclic) bond motifs is 1. The van der Waals surface area contributed by atoms with Gasteiger partial charge in [0, 0.05) is 26.1 Å². The van der Waals surface area contributed by atoms with Crippen LogP contribution in [-0.2, 0) is 28.1 Å². The molecule has 0 spiro atoms. The van der Waals surface area contributed by atoms with Crippen molar-refractivity contribution in [1.29, 1.82) is 0 Å². The molecule has 3 heterocycles. The summed E-state index contributed by atoms with van der Waals surface area (Å²) < 4.78 is 25.2. The molecule has 4 rings (SSSR count). The maximum absolute atomic E-state index is 12.9. The number of amides is 1. The molecular formula is C19H30N4O3S2. The first-order valence-corrected chi connectivity index (χ1v) is 13.2. The number of sulfone groups is 1. The lowest BCUT2D eigenvalue weighted by Gasteiger charge is -2.44. The van der Waals surface area contributed by atoms with Gasteiger partial charge >= 0.3 is 0 Å². The molecule has 2 saturated heterocycles. The lowest BCUT2D eigenvalue weighted by molar-refractivity contribution is -0.134. The number of hydrogen-bond acceptors (Lipinski definition) is 6. The number of carbonyl (C=O) groups excluding carboxylic acids is 1. The number of piperidine rings is 1. The minimum Gasteiger partial charge on any atom is -0.339 e. The number of likely N-dealkylation sites (tertiary alicyclic amines) is 1. The Morgan fingerprint density at radius 2 is 1.93 bits per heavy atom. The largest absolute Gasteiger partial charge is 0.339 e. The van der Waals surface area contributed by atoms with Crippen LogP contribution in [0.2, 0.25) is 0 Å². The summed E-state index contributed by atoms with van der Waals surface area (Å²) in [4.78, 5) is 15.0. The van der Waals surface area contributed by atoms with Gasteiger partial charge in [-0.3, -0.25) is 4.79 Å². The molecule has 1 aromatic heterocycles. The fourth-order valence-electron chi connectivity index (χ4n) is 5.08. The van der Waals surface area contributed by atoms with Crippen molar-refractivity contribution in [3.8, 4) is 0 Å². The smallest absolute Gasteiger partial charge is 0.233 e. The summed E-state index contributed by atoms with van der Waals surface area (Å²) in [5.41, 5.74) is 0. The molecule has 0 N–H and O–H groups in total. The zero-order valence-electron chi connectivity index (χ0n) is 16.5. The Kier molecular flexibility index (Phi) is 6.01. The molecule has 3 atom stereocenters. The summed E-state index contributed by atoms with van der Waals surface area (Å²) in [7, 11) is -0.972. The fraction of sp³-hybridized carbons (Fsp3) is 0.842. The van der Waals surface area contributed by atoms with Crippen LogP contribution >= 0.6 is 11.8 Å². The Morgan fingerprint density at radius 1 is 1.14 bits per heavy atom. The normalized spacial score (nSPS) is 29.6. The van der Waals surface area contributed by atoms with E-state index in [0.29, 0.717) is 30.6 Å². The van der Waals surface area contributed by atoms with Crippen LogP contribution in [0.5, 0.6) is 0 Å². The molecule has 7 nitrogen and oxygen atoms in total. The van der Waals surface area contributed by atoms with E-state index in [-0.39, 0.29) is 23.3 Å². The lowest BCUT2D eigenvalue weighted by Crippen LogP contribution is -2.50. The first-order valence-electron chi connectivity index (χ1n) is 10.4. The zero-order chi connectivity index (χ0) is 19.7. The van der Waals surface area contributed by atoms with Crippen molar-refractivity contribution < 1.29 is 13.2 Å². The minimum atomic E-state index is -2.88. The first-order chi connectivity index (χ1) is 13.4. The van der Waals surface area contributed by atoms with E-state index in [4.69, 9.17) is 0 Å². The van der Waals surface area contributed by atoms with Gasteiger partial charge in [0.15, 0.2) is 15.0 Å². The van der Waals surface area contributed by atoms with Crippen molar-refractivity contribution in [1.82, 2.24) is 19.7 Å². The third-order valence-corrected chi connectivity index (χ3v) is 9.45. The summed E-state index contributed by atoms with van der Waals surface area (Å²) in [5.74, 6) is 2.77. The van der Waals surface area contributed by atoms with Crippen molar-refractivity contribution >= 4 is 27.5 Å². The van der Waals surface area contributed by atoms with Gasteiger partial charge in [0.25, 0.3) is 0 Å². The zero-order valence-corrected chi connectivity index (χ0v) is 18.2. The Morgan fingerprint density at radius 3 is 2.71 bits per heavy atom. The van der Waals surface area contributed by atoms with Gasteiger partial charge in [0.05, 0.1) is 17.3 Å². The molecule has 156 valence electrons. The molecule has 9 heteroatoms. The van der Waals surface area contributed by atoms with Crippen molar-refractivity contribution in [3.05, 3.63) is 5.82 Å². The monoisotopic (exact) mass is 426 g/mol. The molecule has 1 aromatic rings. The molecule has 3 unspecified atom stereocenters. The SMILES string of the molecule is Cn1c(CC2CCS(=O)(=O)C2)nnc1SCC(=O)N1CCCC2CCCCC21. The van der Waals surface area contributed by atoms with Crippen LogP contribution in [0, 0.1) is 11.8 Å². The maximum Gasteiger partial charge on any atom is 0.233 e. The molecule has 0 radical (unpaired) electrons. The van der Waals surface area contributed by atoms with Crippen LogP contribution in [0.25, 0.3) is 0 Å². The van der Waals surface area contributed by atoms with Gasteiger partial charge in [-0.2, -0.15) is 0 Å². The van der Waals surface area contributed by atoms with E-state index in [0.717, 1.165) is 30.4 Å². The van der Waals surface area contributed by atoms with E-state index in [9.17, 15) is 13.2 Å². The summed E-state index contributed by atoms with van der Waals surface area (Å²) in [6.45, 7) is 0.890. The summed E-state index contributed by atoms with van der Waals surface area (Å²) in [5, 5.41) is 9.24. The average Bonchev–Trinajstić information content (AvgIpc) is 3.21. The molecule has 0 bridgehead atoms. The van der Waals surface area contributed by atoms with Gasteiger partial charge in [-0.1, -0.05) is 24.6 Å². The number of carbonyl (C=O) groups is 1. The van der Waals surface area contributed by atoms with E-state index >= 15 is 0 Å². The van der Waals surface area contributed by atoms with Crippen molar-refractivity contribution in [3.63, 3.8) is 0 Å². The van der Waals surface area contributed by atoms with Gasteiger partial charge < -0.3 is 9.47 Å². The molecule has 1 saturated carbocycles. The highest BCUT2D eigenvalue weighted by Crippen LogP contribution is 2.35. The van der Waals surface area contributed by atoms with E-state index in [1.165, 1.54) is 37.4 Å². The van der Waals surface area contributed by atoms with E-state index in [1.807, 2.05) is 11.6 Å². The molecule has 2 aliphatic heterocycles. The van der Waals surface area contributed by atoms with Crippen LogP contribution in [0.1, 0.15) is 50.8 Å². The molecule has 1 aliphatic carbocycles. The topological polar surface area (TPSA) is 85.2 Å². The number of aromatic nitrogens is 3. The highest BCUT2D eigenvalue weighted by Gasteiger charge is 2.35. The second kappa shape index (κ2) is 8.34. The van der Waals surface area contributed by atoms with Gasteiger partial charge in [-0.15, -0.1) is 10.2 Å². The minimum absolute atomic E-state index is 0.129. The Hall–Kier alpha value is -1.09. The maximum atomic E-state index is 12.9. The van der Waals surface area contributed by atoms with Crippen LogP contribution in [0.3, 0.4) is 0 Å². The highest BCUT2D eigenvalue weighted by molar-refractivity contribution is 7.99. The quantitative estimate of drug-likeness (QED) is 0.670. The Labute approximate surface area is 171 Å². The molecular weight excluding hydrogens is 396 g/mol. The van der Waals surface area contributed by atoms with Crippen LogP contribution in [0.4, 0.5) is 0 Å². The van der Waals surface area contributed by atoms with Crippen LogP contribution in [0.15, 0.2) is 5.16 Å². The molecule has 0 aromatic carbocycles. The van der Waals surface area contributed by atoms with Gasteiger partial charge in [0.1, 0.15) is 5.82 Å². The number of thioether (sulfide) groups is 1. The van der Waals surface area contributed by atoms with E-state index in [2.05, 4.69) is 15.1 Å². The standard InChI is InChI=1S/C19H30N4O3S2/c1-22-17(11-14-8-10-28(25,26)13-14)20-21-19(22)27-12-18(24)23-9-4-6-15-5-2-3-7-16(15)23/h14-16H,2-13H2,1H3. The Bertz CT molecular complexity index is 821. The van der Waals surface area contributed by atoms with E-state index in [1.54, 1.807) is 0 Å². The number of hydrogen-bond donors (Lipinski definition) is 0. The van der Waals surface area contributed by atoms with Crippen LogP contribution in [-0.4, -0.2) is 63.8 Å². The summed E-state index contributed by atoms with van der Waals surface area (Å²) >= 11 is 1.45. The van der Waals surface area contributed by atoms with E-state index < -0.39 is 9.84 Å². The summed E-state index contributed by atoms with van der Waals surface area (Å²) in [6.07, 6.45) is 8.69. The molecule has 1 amide bonds. The van der Waals surface area contributed by atoms with Crippen molar-refractivity contribution in [2.24, 2.45) is 18.9 Å². The fourth-order valence-corrected chi connectivity index (χ4v) is 7.76. The predicted octanol–water partition coefficient (Wildman–Crippen LogP) is 2.07. The third kappa shape index (κ3) is 4.40. The average molecular weight is 427 g/mol. The molecule has 28 heavy (non-hydrogen) atoms. The predicted molar refractivity (Wildman–Crippen MR) is 109 cm³/mol. The van der Waals surface area contributed by atoms with Crippen molar-refractivity contribution in [2.75, 3.05) is 23.8 Å². The number of rotatable bonds is 5. The first kappa shape index (κ1) is 20.2. The van der Waals surface area contributed by atoms with Crippen molar-refractivity contribution in [2.45, 2.75) is 62.6 Å². The highest BCUT2D eigenvalue weighted by atomic mass is 32.2. The van der Waals surface area contributed by atoms with Gasteiger partial charge in [-0.25, -0.2) is 8.42 Å². The van der Waals surface area contributed by atoms with Gasteiger partial charge in [-0.05, 0) is 43.9 Å². The molecule has 3 aliphatic rings. The summed E-state index contributed by atoms with van der Waals surface area (Å²) in [6, 6.07) is 0.440. The second-order valence-corrected chi connectivity index (χ2v) is 11.7. The van der Waals surface area contributed by atoms with Crippen LogP contribution < -0.4 is 0 Å². The number of nitrogens with zero attached hydrogens (tertiary/aromatic N) is 4. The second-order valence-electron chi connectivity index (χ2n) is 8.56. The Balaban J connectivity index is 1.33. The molecule has 3 fully saturated rings. The third-order valence-electron chi connectivity index (χ3n) is 6.61. The van der Waals surface area contributed by atoms with Gasteiger partial charge in [0.2, 0.25) is 5.91 Å². The lowest BCUT2D eigenvalue weighted by atomic mass is 9.78.